The highest BCUT2D eigenvalue weighted by molar-refractivity contribution is 5.69. The Morgan fingerprint density at radius 1 is 0.906 bits per heavy atom. The molecule has 1 aliphatic carbocycles. The van der Waals surface area contributed by atoms with Crippen LogP contribution in [-0.2, 0) is 26.2 Å². The van der Waals surface area contributed by atoms with Crippen molar-refractivity contribution < 1.29 is 29.3 Å². The van der Waals surface area contributed by atoms with E-state index in [-0.39, 0.29) is 17.8 Å². The molecule has 2 fully saturated rings. The maximum Gasteiger partial charge on any atom is 0.157 e. The fraction of sp³-hybridized carbons (Fsp3) is 0.535. The molecule has 2 aliphatic rings. The molecule has 0 bridgehead atoms. The number of hydrogen-bond donors (Lipinski definition) is 4. The highest BCUT2D eigenvalue weighted by Crippen LogP contribution is 2.44. The van der Waals surface area contributed by atoms with E-state index in [0.717, 1.165) is 88.5 Å². The van der Waals surface area contributed by atoms with E-state index in [4.69, 9.17) is 9.47 Å². The van der Waals surface area contributed by atoms with E-state index in [1.165, 1.54) is 31.2 Å². The minimum absolute atomic E-state index is 0.0231. The van der Waals surface area contributed by atoms with Gasteiger partial charge in [-0.05, 0) is 95.5 Å². The zero-order valence-electron chi connectivity index (χ0n) is 32.5. The summed E-state index contributed by atoms with van der Waals surface area (Å²) in [6, 6.07) is 22.7. The lowest BCUT2D eigenvalue weighted by molar-refractivity contribution is -0.110. The molecular formula is C43H64N4O6. The Bertz CT molecular complexity index is 1460. The van der Waals surface area contributed by atoms with Gasteiger partial charge in [0.25, 0.3) is 0 Å². The fourth-order valence-electron chi connectivity index (χ4n) is 7.19. The Hall–Kier alpha value is -3.96. The van der Waals surface area contributed by atoms with Crippen molar-refractivity contribution in [3.05, 3.63) is 83.4 Å². The number of hydrogen-bond acceptors (Lipinski definition) is 10. The molecule has 1 heterocycles. The third-order valence-corrected chi connectivity index (χ3v) is 10.2. The number of nitrogens with one attached hydrogen (secondary N) is 2. The number of ether oxygens (including phenoxy) is 2. The fourth-order valence-corrected chi connectivity index (χ4v) is 7.19. The summed E-state index contributed by atoms with van der Waals surface area (Å²) >= 11 is 0. The first-order chi connectivity index (χ1) is 25.8. The van der Waals surface area contributed by atoms with Gasteiger partial charge in [-0.15, -0.1) is 0 Å². The van der Waals surface area contributed by atoms with Crippen LogP contribution in [0.4, 0.5) is 5.69 Å². The van der Waals surface area contributed by atoms with Crippen LogP contribution in [0.5, 0.6) is 17.2 Å². The van der Waals surface area contributed by atoms with Gasteiger partial charge in [0, 0.05) is 50.2 Å². The second-order valence-corrected chi connectivity index (χ2v) is 13.9. The van der Waals surface area contributed by atoms with Crippen LogP contribution in [0.2, 0.25) is 0 Å². The summed E-state index contributed by atoms with van der Waals surface area (Å²) < 4.78 is 10.5. The number of aldehydes is 2. The summed E-state index contributed by atoms with van der Waals surface area (Å²) in [4.78, 5) is 25.1. The molecule has 1 saturated carbocycles. The predicted octanol–water partition coefficient (Wildman–Crippen LogP) is 6.42. The molecule has 53 heavy (non-hydrogen) atoms. The number of nitrogens with zero attached hydrogens (tertiary/aromatic N) is 2. The maximum atomic E-state index is 10.6. The number of anilines is 1. The minimum Gasteiger partial charge on any atom is -0.508 e. The maximum absolute atomic E-state index is 10.6. The van der Waals surface area contributed by atoms with E-state index < -0.39 is 0 Å². The number of para-hydroxylation sites is 1. The summed E-state index contributed by atoms with van der Waals surface area (Å²) in [6.45, 7) is 8.32. The van der Waals surface area contributed by atoms with Crippen LogP contribution >= 0.6 is 0 Å². The zero-order valence-corrected chi connectivity index (χ0v) is 32.5. The van der Waals surface area contributed by atoms with Crippen molar-refractivity contribution in [3.8, 4) is 17.2 Å². The van der Waals surface area contributed by atoms with Gasteiger partial charge in [0.2, 0.25) is 0 Å². The lowest BCUT2D eigenvalue weighted by atomic mass is 9.68. The first-order valence-corrected chi connectivity index (χ1v) is 19.3. The number of rotatable bonds is 18. The van der Waals surface area contributed by atoms with Crippen molar-refractivity contribution in [2.24, 2.45) is 0 Å². The number of aromatic hydroxyl groups is 2. The van der Waals surface area contributed by atoms with E-state index in [1.54, 1.807) is 19.2 Å². The summed E-state index contributed by atoms with van der Waals surface area (Å²) in [5, 5.41) is 26.7. The monoisotopic (exact) mass is 732 g/mol. The highest BCUT2D eigenvalue weighted by atomic mass is 16.5. The van der Waals surface area contributed by atoms with Crippen molar-refractivity contribution in [2.45, 2.75) is 76.2 Å². The molecule has 3 aromatic rings. The van der Waals surface area contributed by atoms with Gasteiger partial charge in [0.05, 0.1) is 6.61 Å². The topological polar surface area (TPSA) is 124 Å². The van der Waals surface area contributed by atoms with Crippen LogP contribution in [0.3, 0.4) is 0 Å². The molecular weight excluding hydrogens is 668 g/mol. The Balaban J connectivity index is 0.000000241. The second-order valence-electron chi connectivity index (χ2n) is 13.9. The van der Waals surface area contributed by atoms with Crippen LogP contribution in [0, 0.1) is 0 Å². The minimum atomic E-state index is -0.0564. The number of carbonyl (C=O) groups excluding carboxylic acids is 2. The average molecular weight is 733 g/mol. The molecule has 10 nitrogen and oxygen atoms in total. The van der Waals surface area contributed by atoms with E-state index in [0.29, 0.717) is 36.5 Å². The molecule has 1 aliphatic heterocycles. The van der Waals surface area contributed by atoms with Gasteiger partial charge >= 0.3 is 0 Å². The first-order valence-electron chi connectivity index (χ1n) is 19.3. The Morgan fingerprint density at radius 2 is 1.60 bits per heavy atom. The van der Waals surface area contributed by atoms with E-state index >= 15 is 0 Å². The van der Waals surface area contributed by atoms with Gasteiger partial charge in [-0.3, -0.25) is 4.79 Å². The van der Waals surface area contributed by atoms with Crippen LogP contribution < -0.4 is 15.4 Å². The largest absolute Gasteiger partial charge is 0.508 e. The van der Waals surface area contributed by atoms with Crippen LogP contribution in [0.15, 0.2) is 66.7 Å². The molecule has 0 aromatic heterocycles. The lowest BCUT2D eigenvalue weighted by Gasteiger charge is -2.42. The summed E-state index contributed by atoms with van der Waals surface area (Å²) in [5.41, 5.74) is 3.83. The number of benzene rings is 3. The molecule has 5 rings (SSSR count). The molecule has 0 unspecified atom stereocenters. The summed E-state index contributed by atoms with van der Waals surface area (Å²) in [5.74, 6) is 1.10. The van der Waals surface area contributed by atoms with Crippen molar-refractivity contribution in [1.29, 1.82) is 0 Å². The number of phenolic OH excluding ortho intramolecular Hbond substituents is 2. The van der Waals surface area contributed by atoms with Crippen molar-refractivity contribution in [3.63, 3.8) is 0 Å². The molecule has 3 aromatic carbocycles. The standard InChI is InChI=1S/C19H31N3O3.C18H21NO.C6H12O2/c1-20-18-17(24)8-7-15(19(18)25-14-13-23)9-10-21-11-12-22(2)16-5-3-4-6-16;1-19-13-11-18(12-14-19,15-7-3-2-4-8-15)16-9-5-6-10-17(16)20;1-2-5-8-6-3-4-7/h7-8,13,16,20-21,24H,3-6,9-12,14H2,1-2H3;2-10,20H,11-14H2,1H3;4H,2-3,5-6H2,1H3. The third-order valence-electron chi connectivity index (χ3n) is 10.2. The molecule has 0 radical (unpaired) electrons. The van der Waals surface area contributed by atoms with Gasteiger partial charge in [-0.1, -0.05) is 74.4 Å². The number of carbonyl (C=O) groups is 2. The molecule has 1 saturated heterocycles. The van der Waals surface area contributed by atoms with Crippen LogP contribution in [0.25, 0.3) is 0 Å². The van der Waals surface area contributed by atoms with E-state index in [2.05, 4.69) is 70.9 Å². The van der Waals surface area contributed by atoms with Gasteiger partial charge in [0.1, 0.15) is 35.8 Å². The zero-order chi connectivity index (χ0) is 38.3. The van der Waals surface area contributed by atoms with Gasteiger partial charge in [-0.2, -0.15) is 0 Å². The average Bonchev–Trinajstić information content (AvgIpc) is 3.73. The van der Waals surface area contributed by atoms with Gasteiger partial charge in [-0.25, -0.2) is 0 Å². The molecule has 0 spiro atoms. The molecule has 10 heteroatoms. The number of likely N-dealkylation sites (tertiary alicyclic amines) is 1. The smallest absolute Gasteiger partial charge is 0.157 e. The summed E-state index contributed by atoms with van der Waals surface area (Å²) in [7, 11) is 6.10. The van der Waals surface area contributed by atoms with Crippen molar-refractivity contribution in [2.75, 3.05) is 79.0 Å². The second kappa shape index (κ2) is 24.4. The number of piperidine rings is 1. The SMILES string of the molecule is CCCOCCC=O.CN1CCC(c2ccccc2)(c2ccccc2O)CC1.CNc1c(O)ccc(CCNCCN(C)C2CCCC2)c1OCC=O. The number of likely N-dealkylation sites (N-methyl/N-ethyl adjacent to an activating group) is 1. The Labute approximate surface area is 317 Å². The van der Waals surface area contributed by atoms with Gasteiger partial charge in [0.15, 0.2) is 6.29 Å². The van der Waals surface area contributed by atoms with Gasteiger partial charge < -0.3 is 44.9 Å². The number of phenols is 2. The predicted molar refractivity (Wildman–Crippen MR) is 215 cm³/mol. The highest BCUT2D eigenvalue weighted by Gasteiger charge is 2.38. The molecule has 292 valence electrons. The van der Waals surface area contributed by atoms with Crippen LogP contribution in [0.1, 0.15) is 75.0 Å². The molecule has 0 amide bonds. The van der Waals surface area contributed by atoms with Crippen molar-refractivity contribution >= 4 is 18.3 Å². The van der Waals surface area contributed by atoms with E-state index in [1.807, 2.05) is 25.1 Å². The Morgan fingerprint density at radius 3 is 2.25 bits per heavy atom. The summed E-state index contributed by atoms with van der Waals surface area (Å²) in [6.07, 6.45) is 11.4. The van der Waals surface area contributed by atoms with Crippen molar-refractivity contribution in [1.82, 2.24) is 15.1 Å². The lowest BCUT2D eigenvalue weighted by Crippen LogP contribution is -2.41. The quantitative estimate of drug-likeness (QED) is 0.0662. The first kappa shape index (κ1) is 43.4. The van der Waals surface area contributed by atoms with Crippen LogP contribution in [-0.4, -0.2) is 112 Å². The third kappa shape index (κ3) is 13.8. The Kier molecular flexibility index (Phi) is 20.0. The molecule has 4 N–H and O–H groups in total. The molecule has 0 atom stereocenters. The normalized spacial score (nSPS) is 15.5. The van der Waals surface area contributed by atoms with E-state index in [9.17, 15) is 19.8 Å².